The molecule has 28 heavy (non-hydrogen) atoms. The van der Waals surface area contributed by atoms with Crippen LogP contribution in [0.5, 0.6) is 0 Å². The first-order valence-electron chi connectivity index (χ1n) is 9.22. The summed E-state index contributed by atoms with van der Waals surface area (Å²) < 4.78 is 5.55. The smallest absolute Gasteiger partial charge is 0.167 e. The summed E-state index contributed by atoms with van der Waals surface area (Å²) in [5, 5.41) is 14.2. The molecule has 1 saturated heterocycles. The quantitative estimate of drug-likeness (QED) is 0.663. The number of nitrogens with zero attached hydrogens (tertiary/aromatic N) is 5. The fraction of sp³-hybridized carbons (Fsp3) is 0.286. The number of piperazine rings is 1. The zero-order valence-corrected chi connectivity index (χ0v) is 16.3. The number of anilines is 1. The van der Waals surface area contributed by atoms with Crippen LogP contribution in [0.25, 0.3) is 11.3 Å². The lowest BCUT2D eigenvalue weighted by Gasteiger charge is -2.38. The zero-order chi connectivity index (χ0) is 19.5. The molecule has 7 heteroatoms. The molecule has 0 N–H and O–H groups in total. The van der Waals surface area contributed by atoms with Gasteiger partial charge in [0.05, 0.1) is 11.6 Å². The van der Waals surface area contributed by atoms with Crippen LogP contribution >= 0.6 is 11.6 Å². The van der Waals surface area contributed by atoms with E-state index in [-0.39, 0.29) is 6.04 Å². The summed E-state index contributed by atoms with van der Waals surface area (Å²) in [6, 6.07) is 15.5. The largest absolute Gasteiger partial charge is 0.356 e. The van der Waals surface area contributed by atoms with E-state index in [1.807, 2.05) is 36.4 Å². The summed E-state index contributed by atoms with van der Waals surface area (Å²) >= 11 is 6.07. The lowest BCUT2D eigenvalue weighted by atomic mass is 10.1. The zero-order valence-electron chi connectivity index (χ0n) is 15.5. The molecular formula is C21H20ClN5O. The minimum Gasteiger partial charge on any atom is -0.356 e. The van der Waals surface area contributed by atoms with Gasteiger partial charge in [0.2, 0.25) is 0 Å². The average Bonchev–Trinajstić information content (AvgIpc) is 3.24. The van der Waals surface area contributed by atoms with Crippen LogP contribution in [-0.2, 0) is 0 Å². The molecule has 1 aliphatic heterocycles. The monoisotopic (exact) mass is 393 g/mol. The van der Waals surface area contributed by atoms with Crippen molar-refractivity contribution in [1.82, 2.24) is 15.0 Å². The van der Waals surface area contributed by atoms with E-state index in [2.05, 4.69) is 32.9 Å². The van der Waals surface area contributed by atoms with Crippen LogP contribution < -0.4 is 4.90 Å². The highest BCUT2D eigenvalue weighted by atomic mass is 35.5. The molecule has 1 atom stereocenters. The first-order chi connectivity index (χ1) is 13.7. The lowest BCUT2D eigenvalue weighted by molar-refractivity contribution is 0.190. The predicted molar refractivity (Wildman–Crippen MR) is 108 cm³/mol. The summed E-state index contributed by atoms with van der Waals surface area (Å²) in [5.41, 5.74) is 2.44. The van der Waals surface area contributed by atoms with E-state index in [1.165, 1.54) is 0 Å². The van der Waals surface area contributed by atoms with E-state index in [0.29, 0.717) is 10.6 Å². The van der Waals surface area contributed by atoms with Gasteiger partial charge in [0.15, 0.2) is 5.76 Å². The van der Waals surface area contributed by atoms with Crippen LogP contribution in [0, 0.1) is 11.3 Å². The molecular weight excluding hydrogens is 374 g/mol. The SMILES string of the molecule is CC(c1cc(-c2cccc(Cl)c2)on1)N1CCN(c2ncccc2C#N)CC1. The summed E-state index contributed by atoms with van der Waals surface area (Å²) in [7, 11) is 0. The van der Waals surface area contributed by atoms with E-state index < -0.39 is 0 Å². The number of rotatable bonds is 4. The molecule has 1 aliphatic rings. The van der Waals surface area contributed by atoms with Crippen molar-refractivity contribution in [1.29, 1.82) is 5.26 Å². The summed E-state index contributed by atoms with van der Waals surface area (Å²) in [6.07, 6.45) is 1.73. The second kappa shape index (κ2) is 8.01. The molecule has 1 fully saturated rings. The Morgan fingerprint density at radius 2 is 1.96 bits per heavy atom. The predicted octanol–water partition coefficient (Wildman–Crippen LogP) is 4.14. The molecule has 2 aromatic heterocycles. The second-order valence-electron chi connectivity index (χ2n) is 6.81. The van der Waals surface area contributed by atoms with Gasteiger partial charge in [-0.25, -0.2) is 4.98 Å². The highest BCUT2D eigenvalue weighted by Gasteiger charge is 2.26. The van der Waals surface area contributed by atoms with Gasteiger partial charge in [-0.05, 0) is 31.2 Å². The fourth-order valence-corrected chi connectivity index (χ4v) is 3.70. The molecule has 142 valence electrons. The maximum absolute atomic E-state index is 9.30. The van der Waals surface area contributed by atoms with Crippen molar-refractivity contribution in [3.63, 3.8) is 0 Å². The molecule has 0 radical (unpaired) electrons. The molecule has 6 nitrogen and oxygen atoms in total. The molecule has 3 heterocycles. The Morgan fingerprint density at radius 3 is 2.71 bits per heavy atom. The van der Waals surface area contributed by atoms with Gasteiger partial charge in [-0.15, -0.1) is 0 Å². The number of hydrogen-bond donors (Lipinski definition) is 0. The van der Waals surface area contributed by atoms with Gasteiger partial charge < -0.3 is 9.42 Å². The minimum atomic E-state index is 0.137. The fourth-order valence-electron chi connectivity index (χ4n) is 3.51. The third-order valence-corrected chi connectivity index (χ3v) is 5.37. The van der Waals surface area contributed by atoms with Crippen molar-refractivity contribution in [2.45, 2.75) is 13.0 Å². The van der Waals surface area contributed by atoms with Gasteiger partial charge in [-0.2, -0.15) is 5.26 Å². The van der Waals surface area contributed by atoms with E-state index in [9.17, 15) is 5.26 Å². The topological polar surface area (TPSA) is 69.2 Å². The Balaban J connectivity index is 1.43. The molecule has 1 unspecified atom stereocenters. The lowest BCUT2D eigenvalue weighted by Crippen LogP contribution is -2.47. The molecule has 1 aromatic carbocycles. The number of halogens is 1. The van der Waals surface area contributed by atoms with Crippen LogP contribution in [0.3, 0.4) is 0 Å². The maximum atomic E-state index is 9.30. The molecule has 0 saturated carbocycles. The molecule has 0 bridgehead atoms. The Labute approximate surface area is 168 Å². The van der Waals surface area contributed by atoms with Crippen LogP contribution in [-0.4, -0.2) is 41.2 Å². The summed E-state index contributed by atoms with van der Waals surface area (Å²) in [4.78, 5) is 8.93. The van der Waals surface area contributed by atoms with Crippen molar-refractivity contribution in [3.05, 3.63) is 64.9 Å². The molecule has 4 rings (SSSR count). The highest BCUT2D eigenvalue weighted by Crippen LogP contribution is 2.28. The summed E-state index contributed by atoms with van der Waals surface area (Å²) in [5.74, 6) is 1.48. The van der Waals surface area contributed by atoms with Crippen LogP contribution in [0.4, 0.5) is 5.82 Å². The highest BCUT2D eigenvalue weighted by molar-refractivity contribution is 6.30. The number of hydrogen-bond acceptors (Lipinski definition) is 6. The Morgan fingerprint density at radius 1 is 1.14 bits per heavy atom. The standard InChI is InChI=1S/C21H20ClN5O/c1-15(19-13-20(28-25-19)16-4-2-6-18(22)12-16)26-8-10-27(11-9-26)21-17(14-23)5-3-7-24-21/h2-7,12-13,15H,8-11H2,1H3. The Kier molecular flexibility index (Phi) is 5.29. The number of benzene rings is 1. The number of nitriles is 1. The van der Waals surface area contributed by atoms with E-state index in [1.54, 1.807) is 12.3 Å². The van der Waals surface area contributed by atoms with Gasteiger partial charge in [-0.3, -0.25) is 4.90 Å². The van der Waals surface area contributed by atoms with Crippen LogP contribution in [0.2, 0.25) is 5.02 Å². The third-order valence-electron chi connectivity index (χ3n) is 5.13. The number of pyridine rings is 1. The Bertz CT molecular complexity index is 1000. The maximum Gasteiger partial charge on any atom is 0.167 e. The van der Waals surface area contributed by atoms with Crippen molar-refractivity contribution in [3.8, 4) is 17.4 Å². The first kappa shape index (κ1) is 18.5. The van der Waals surface area contributed by atoms with E-state index in [0.717, 1.165) is 49.0 Å². The summed E-state index contributed by atoms with van der Waals surface area (Å²) in [6.45, 7) is 5.49. The number of aromatic nitrogens is 2. The molecule has 0 amide bonds. The van der Waals surface area contributed by atoms with Gasteiger partial charge in [0.25, 0.3) is 0 Å². The third kappa shape index (κ3) is 3.72. The first-order valence-corrected chi connectivity index (χ1v) is 9.60. The normalized spacial score (nSPS) is 16.0. The van der Waals surface area contributed by atoms with Gasteiger partial charge >= 0.3 is 0 Å². The van der Waals surface area contributed by atoms with Gasteiger partial charge in [0.1, 0.15) is 17.6 Å². The minimum absolute atomic E-state index is 0.137. The molecule has 0 aliphatic carbocycles. The van der Waals surface area contributed by atoms with Crippen molar-refractivity contribution >= 4 is 17.4 Å². The van der Waals surface area contributed by atoms with Crippen LogP contribution in [0.1, 0.15) is 24.2 Å². The molecule has 3 aromatic rings. The van der Waals surface area contributed by atoms with E-state index in [4.69, 9.17) is 16.1 Å². The van der Waals surface area contributed by atoms with Gasteiger partial charge in [0, 0.05) is 49.0 Å². The van der Waals surface area contributed by atoms with E-state index >= 15 is 0 Å². The van der Waals surface area contributed by atoms with Crippen molar-refractivity contribution in [2.24, 2.45) is 0 Å². The second-order valence-corrected chi connectivity index (χ2v) is 7.25. The average molecular weight is 394 g/mol. The van der Waals surface area contributed by atoms with Gasteiger partial charge in [-0.1, -0.05) is 28.9 Å². The molecule has 0 spiro atoms. The van der Waals surface area contributed by atoms with Crippen LogP contribution in [0.15, 0.2) is 53.2 Å². The van der Waals surface area contributed by atoms with Crippen molar-refractivity contribution in [2.75, 3.05) is 31.1 Å². The Hall–Kier alpha value is -2.88. The van der Waals surface area contributed by atoms with Crippen molar-refractivity contribution < 1.29 is 4.52 Å².